The Labute approximate surface area is 131 Å². The van der Waals surface area contributed by atoms with Crippen molar-refractivity contribution in [3.8, 4) is 0 Å². The van der Waals surface area contributed by atoms with Crippen molar-refractivity contribution in [2.45, 2.75) is 18.1 Å². The summed E-state index contributed by atoms with van der Waals surface area (Å²) in [6, 6.07) is 4.85. The fraction of sp³-hybridized carbons (Fsp3) is 0.455. The lowest BCUT2D eigenvalue weighted by molar-refractivity contribution is 0.555. The molecule has 0 radical (unpaired) electrons. The SMILES string of the molecule is O=S1(=O)CCC(S(=O)(=O)Nc2cc(Br)ccc2Cl)CC1. The second-order valence-electron chi connectivity index (χ2n) is 4.62. The molecule has 0 unspecified atom stereocenters. The quantitative estimate of drug-likeness (QED) is 0.842. The largest absolute Gasteiger partial charge is 0.282 e. The van der Waals surface area contributed by atoms with Crippen molar-refractivity contribution in [1.29, 1.82) is 0 Å². The molecule has 112 valence electrons. The highest BCUT2D eigenvalue weighted by atomic mass is 79.9. The molecule has 1 N–H and O–H groups in total. The lowest BCUT2D eigenvalue weighted by Gasteiger charge is -2.23. The molecule has 1 aliphatic rings. The number of anilines is 1. The molecule has 1 aliphatic heterocycles. The summed E-state index contributed by atoms with van der Waals surface area (Å²) < 4.78 is 50.3. The zero-order valence-corrected chi connectivity index (χ0v) is 14.3. The molecule has 0 spiro atoms. The predicted molar refractivity (Wildman–Crippen MR) is 83.4 cm³/mol. The van der Waals surface area contributed by atoms with Crippen molar-refractivity contribution in [2.75, 3.05) is 16.2 Å². The first kappa shape index (κ1) is 16.1. The highest BCUT2D eigenvalue weighted by molar-refractivity contribution is 9.10. The number of rotatable bonds is 3. The maximum absolute atomic E-state index is 12.2. The fourth-order valence-electron chi connectivity index (χ4n) is 1.99. The second kappa shape index (κ2) is 5.82. The zero-order valence-electron chi connectivity index (χ0n) is 10.3. The van der Waals surface area contributed by atoms with Crippen molar-refractivity contribution in [3.05, 3.63) is 27.7 Å². The van der Waals surface area contributed by atoms with Gasteiger partial charge in [0, 0.05) is 4.47 Å². The van der Waals surface area contributed by atoms with E-state index in [-0.39, 0.29) is 30.0 Å². The normalized spacial score (nSPS) is 19.7. The number of nitrogens with one attached hydrogen (secondary N) is 1. The van der Waals surface area contributed by atoms with E-state index >= 15 is 0 Å². The first-order valence-electron chi connectivity index (χ1n) is 5.87. The smallest absolute Gasteiger partial charge is 0.235 e. The first-order chi connectivity index (χ1) is 9.20. The number of sulfonamides is 1. The standard InChI is InChI=1S/C11H13BrClNO4S2/c12-8-1-2-10(13)11(7-8)14-20(17,18)9-3-5-19(15,16)6-4-9/h1-2,7,9,14H,3-6H2. The van der Waals surface area contributed by atoms with Gasteiger partial charge in [-0.2, -0.15) is 0 Å². The maximum atomic E-state index is 12.2. The molecule has 0 aliphatic carbocycles. The highest BCUT2D eigenvalue weighted by Crippen LogP contribution is 2.29. The average molecular weight is 403 g/mol. The van der Waals surface area contributed by atoms with Crippen LogP contribution in [-0.4, -0.2) is 33.6 Å². The molecule has 0 aromatic heterocycles. The van der Waals surface area contributed by atoms with E-state index in [0.29, 0.717) is 9.50 Å². The Kier molecular flexibility index (Phi) is 4.68. The predicted octanol–water partition coefficient (Wildman–Crippen LogP) is 2.42. The number of benzene rings is 1. The van der Waals surface area contributed by atoms with Crippen LogP contribution in [0.3, 0.4) is 0 Å². The number of hydrogen-bond acceptors (Lipinski definition) is 4. The Bertz CT molecular complexity index is 704. The van der Waals surface area contributed by atoms with Gasteiger partial charge in [-0.05, 0) is 31.0 Å². The molecule has 9 heteroatoms. The Morgan fingerprint density at radius 3 is 2.45 bits per heavy atom. The minimum atomic E-state index is -3.65. The summed E-state index contributed by atoms with van der Waals surface area (Å²) in [6.07, 6.45) is 0.229. The molecule has 1 heterocycles. The molecule has 2 rings (SSSR count). The van der Waals surface area contributed by atoms with Gasteiger partial charge >= 0.3 is 0 Å². The third-order valence-corrected chi connectivity index (χ3v) is 7.51. The molecule has 0 bridgehead atoms. The highest BCUT2D eigenvalue weighted by Gasteiger charge is 2.33. The van der Waals surface area contributed by atoms with Crippen LogP contribution in [0.2, 0.25) is 5.02 Å². The summed E-state index contributed by atoms with van der Waals surface area (Å²) in [5, 5.41) is -0.415. The molecule has 5 nitrogen and oxygen atoms in total. The zero-order chi connectivity index (χ0) is 15.0. The molecular formula is C11H13BrClNO4S2. The molecule has 1 fully saturated rings. The summed E-state index contributed by atoms with van der Waals surface area (Å²) in [7, 11) is -6.74. The first-order valence-corrected chi connectivity index (χ1v) is 10.4. The van der Waals surface area contributed by atoms with Crippen LogP contribution in [0.1, 0.15) is 12.8 Å². The van der Waals surface area contributed by atoms with Gasteiger partial charge in [0.2, 0.25) is 10.0 Å². The van der Waals surface area contributed by atoms with Crippen molar-refractivity contribution >= 4 is 53.1 Å². The minimum Gasteiger partial charge on any atom is -0.282 e. The van der Waals surface area contributed by atoms with E-state index in [4.69, 9.17) is 11.6 Å². The summed E-state index contributed by atoms with van der Waals surface area (Å²) >= 11 is 9.18. The number of sulfone groups is 1. The van der Waals surface area contributed by atoms with E-state index in [2.05, 4.69) is 20.7 Å². The molecular weight excluding hydrogens is 390 g/mol. The lowest BCUT2D eigenvalue weighted by Crippen LogP contribution is -2.36. The topological polar surface area (TPSA) is 80.3 Å². The number of halogens is 2. The third kappa shape index (κ3) is 3.87. The van der Waals surface area contributed by atoms with Gasteiger partial charge < -0.3 is 0 Å². The van der Waals surface area contributed by atoms with Crippen molar-refractivity contribution in [2.24, 2.45) is 0 Å². The van der Waals surface area contributed by atoms with E-state index in [9.17, 15) is 16.8 Å². The van der Waals surface area contributed by atoms with E-state index in [1.165, 1.54) is 0 Å². The number of hydrogen-bond donors (Lipinski definition) is 1. The second-order valence-corrected chi connectivity index (χ2v) is 10.2. The summed E-state index contributed by atoms with van der Waals surface area (Å²) in [6.45, 7) is 0. The van der Waals surface area contributed by atoms with Gasteiger partial charge in [-0.3, -0.25) is 4.72 Å². The Morgan fingerprint density at radius 1 is 1.25 bits per heavy atom. The van der Waals surface area contributed by atoms with E-state index in [0.717, 1.165) is 0 Å². The van der Waals surface area contributed by atoms with Crippen LogP contribution in [0.5, 0.6) is 0 Å². The fourth-order valence-corrected chi connectivity index (χ4v) is 5.86. The molecule has 0 saturated carbocycles. The van der Waals surface area contributed by atoms with Crippen LogP contribution in [0.25, 0.3) is 0 Å². The lowest BCUT2D eigenvalue weighted by atomic mass is 10.2. The van der Waals surface area contributed by atoms with E-state index < -0.39 is 25.1 Å². The third-order valence-electron chi connectivity index (χ3n) is 3.12. The van der Waals surface area contributed by atoms with Gasteiger partial charge in [0.05, 0.1) is 27.5 Å². The molecule has 0 amide bonds. The maximum Gasteiger partial charge on any atom is 0.235 e. The van der Waals surface area contributed by atoms with Crippen LogP contribution in [-0.2, 0) is 19.9 Å². The Morgan fingerprint density at radius 2 is 1.85 bits per heavy atom. The van der Waals surface area contributed by atoms with Crippen molar-refractivity contribution < 1.29 is 16.8 Å². The minimum absolute atomic E-state index is 0.0925. The van der Waals surface area contributed by atoms with Crippen LogP contribution in [0, 0.1) is 0 Å². The van der Waals surface area contributed by atoms with Crippen molar-refractivity contribution in [3.63, 3.8) is 0 Å². The average Bonchev–Trinajstić information content (AvgIpc) is 2.33. The molecule has 0 atom stereocenters. The van der Waals surface area contributed by atoms with Crippen LogP contribution >= 0.6 is 27.5 Å². The van der Waals surface area contributed by atoms with Gasteiger partial charge in [-0.1, -0.05) is 27.5 Å². The molecule has 20 heavy (non-hydrogen) atoms. The Hall–Kier alpha value is -0.310. The van der Waals surface area contributed by atoms with Gasteiger partial charge in [0.15, 0.2) is 0 Å². The van der Waals surface area contributed by atoms with Crippen molar-refractivity contribution in [1.82, 2.24) is 0 Å². The van der Waals surface area contributed by atoms with Crippen LogP contribution < -0.4 is 4.72 Å². The molecule has 1 aromatic carbocycles. The summed E-state index contributed by atoms with van der Waals surface area (Å²) in [4.78, 5) is 0. The van der Waals surface area contributed by atoms with Gasteiger partial charge in [-0.15, -0.1) is 0 Å². The Balaban J connectivity index is 2.18. The molecule has 1 saturated heterocycles. The van der Waals surface area contributed by atoms with Crippen LogP contribution in [0.4, 0.5) is 5.69 Å². The monoisotopic (exact) mass is 401 g/mol. The van der Waals surface area contributed by atoms with E-state index in [1.54, 1.807) is 18.2 Å². The summed E-state index contributed by atoms with van der Waals surface area (Å²) in [5.41, 5.74) is 0.287. The van der Waals surface area contributed by atoms with Gasteiger partial charge in [0.1, 0.15) is 9.84 Å². The van der Waals surface area contributed by atoms with Gasteiger partial charge in [-0.25, -0.2) is 16.8 Å². The van der Waals surface area contributed by atoms with E-state index in [1.807, 2.05) is 0 Å². The van der Waals surface area contributed by atoms with Gasteiger partial charge in [0.25, 0.3) is 0 Å². The molecule has 1 aromatic rings. The summed E-state index contributed by atoms with van der Waals surface area (Å²) in [5.74, 6) is -0.185. The van der Waals surface area contributed by atoms with Crippen LogP contribution in [0.15, 0.2) is 22.7 Å².